The number of nitrogens with one attached hydrogen (secondary N) is 4. The molecule has 6 aromatic rings. The number of anilines is 1. The fraction of sp³-hybridized carbons (Fsp3) is 0.444. The van der Waals surface area contributed by atoms with E-state index < -0.39 is 38.5 Å². The summed E-state index contributed by atoms with van der Waals surface area (Å²) in [6.07, 6.45) is 17.0. The predicted molar refractivity (Wildman–Crippen MR) is 331 cm³/mol. The van der Waals surface area contributed by atoms with Gasteiger partial charge in [0.25, 0.3) is 33.7 Å². The molecule has 0 aliphatic carbocycles. The van der Waals surface area contributed by atoms with E-state index in [-0.39, 0.29) is 41.1 Å². The van der Waals surface area contributed by atoms with Crippen LogP contribution in [0.25, 0.3) is 42.4 Å². The molecule has 0 saturated carbocycles. The molecule has 0 atom stereocenters. The van der Waals surface area contributed by atoms with E-state index >= 15 is 0 Å². The number of amides is 4. The van der Waals surface area contributed by atoms with Crippen molar-refractivity contribution in [3.05, 3.63) is 117 Å². The van der Waals surface area contributed by atoms with Gasteiger partial charge in [0.2, 0.25) is 5.69 Å². The third-order valence-corrected chi connectivity index (χ3v) is 18.0. The Morgan fingerprint density at radius 3 is 1.67 bits per heavy atom. The number of thiophene rings is 2. The molecule has 8 rings (SSSR count). The van der Waals surface area contributed by atoms with Gasteiger partial charge in [-0.25, -0.2) is 9.97 Å². The second kappa shape index (κ2) is 26.1. The molecule has 2 aliphatic rings. The number of allylic oxidation sites excluding steroid dienone is 4. The second-order valence-electron chi connectivity index (χ2n) is 22.1. The van der Waals surface area contributed by atoms with Gasteiger partial charge in [0.05, 0.1) is 22.2 Å². The van der Waals surface area contributed by atoms with Crippen molar-refractivity contribution in [2.45, 2.75) is 137 Å². The molecule has 4 aromatic heterocycles. The highest BCUT2D eigenvalue weighted by atomic mass is 32.2. The number of rotatable bonds is 26. The molecule has 5 N–H and O–H groups in total. The summed E-state index contributed by atoms with van der Waals surface area (Å²) in [7, 11) is -4.33. The zero-order valence-electron chi connectivity index (χ0n) is 48.4. The number of carbonyl (C=O) groups is 4. The van der Waals surface area contributed by atoms with Crippen LogP contribution in [-0.2, 0) is 20.9 Å². The minimum absolute atomic E-state index is 0.0500. The molecule has 0 bridgehead atoms. The summed E-state index contributed by atoms with van der Waals surface area (Å²) in [5, 5.41) is 17.7. The average Bonchev–Trinajstić information content (AvgIpc) is 4.39. The number of aromatic nitrogens is 2. The van der Waals surface area contributed by atoms with E-state index in [1.165, 1.54) is 17.0 Å². The van der Waals surface area contributed by atoms with E-state index in [0.717, 1.165) is 125 Å². The molecule has 0 fully saturated rings. The number of fused-ring (bicyclic) bond motifs is 6. The van der Waals surface area contributed by atoms with Gasteiger partial charge >= 0.3 is 0 Å². The Bertz CT molecular complexity index is 3570. The minimum Gasteiger partial charge on any atom is -0.351 e. The van der Waals surface area contributed by atoms with Crippen molar-refractivity contribution < 1.29 is 36.7 Å². The van der Waals surface area contributed by atoms with Gasteiger partial charge in [-0.1, -0.05) is 79.7 Å². The molecule has 81 heavy (non-hydrogen) atoms. The molecular formula is C63H79N8O7S3+. The fourth-order valence-corrected chi connectivity index (χ4v) is 13.5. The Morgan fingerprint density at radius 1 is 0.630 bits per heavy atom. The molecule has 0 saturated heterocycles. The van der Waals surface area contributed by atoms with Crippen LogP contribution in [0.3, 0.4) is 0 Å². The molecule has 0 spiro atoms. The summed E-state index contributed by atoms with van der Waals surface area (Å²) in [5.41, 5.74) is 9.50. The van der Waals surface area contributed by atoms with Crippen molar-refractivity contribution in [3.63, 3.8) is 0 Å². The van der Waals surface area contributed by atoms with Gasteiger partial charge < -0.3 is 26.2 Å². The molecule has 0 radical (unpaired) electrons. The largest absolute Gasteiger partial charge is 0.351 e. The van der Waals surface area contributed by atoms with E-state index in [0.29, 0.717) is 31.6 Å². The van der Waals surface area contributed by atoms with Gasteiger partial charge in [-0.3, -0.25) is 23.7 Å². The highest BCUT2D eigenvalue weighted by Gasteiger charge is 2.47. The van der Waals surface area contributed by atoms with E-state index in [2.05, 4.69) is 136 Å². The molecule has 0 unspecified atom stereocenters. The van der Waals surface area contributed by atoms with Gasteiger partial charge in [-0.2, -0.15) is 13.0 Å². The summed E-state index contributed by atoms with van der Waals surface area (Å²) in [5.74, 6) is -2.42. The summed E-state index contributed by atoms with van der Waals surface area (Å²) >= 11 is 3.25. The van der Waals surface area contributed by atoms with E-state index in [1.807, 2.05) is 32.9 Å². The summed E-state index contributed by atoms with van der Waals surface area (Å²) in [6.45, 7) is 22.0. The van der Waals surface area contributed by atoms with Crippen LogP contribution in [0.15, 0.2) is 83.2 Å². The van der Waals surface area contributed by atoms with Crippen LogP contribution in [0.4, 0.5) is 11.4 Å². The lowest BCUT2D eigenvalue weighted by atomic mass is 9.79. The average molecular weight is 1160 g/mol. The van der Waals surface area contributed by atoms with Crippen LogP contribution >= 0.6 is 22.7 Å². The first-order valence-electron chi connectivity index (χ1n) is 28.8. The minimum atomic E-state index is -4.33. The number of nitrogens with zero attached hydrogens (tertiary/aromatic N) is 4. The number of unbranched alkanes of at least 4 members (excludes halogenated alkanes) is 6. The van der Waals surface area contributed by atoms with Crippen LogP contribution in [-0.4, -0.2) is 102 Å². The normalized spacial score (nSPS) is 15.0. The van der Waals surface area contributed by atoms with Crippen molar-refractivity contribution >= 4 is 93.7 Å². The quantitative estimate of drug-likeness (QED) is 0.0198. The Labute approximate surface area is 485 Å². The van der Waals surface area contributed by atoms with Gasteiger partial charge in [-0.05, 0) is 129 Å². The molecule has 18 heteroatoms. The van der Waals surface area contributed by atoms with Crippen LogP contribution in [0.2, 0.25) is 0 Å². The number of hydrogen-bond acceptors (Lipinski definition) is 11. The lowest BCUT2D eigenvalue weighted by molar-refractivity contribution is -0.436. The van der Waals surface area contributed by atoms with Crippen LogP contribution < -0.4 is 26.2 Å². The van der Waals surface area contributed by atoms with E-state index in [9.17, 15) is 32.1 Å². The van der Waals surface area contributed by atoms with Crippen molar-refractivity contribution in [1.29, 1.82) is 0 Å². The van der Waals surface area contributed by atoms with Crippen LogP contribution in [0, 0.1) is 0 Å². The fourth-order valence-electron chi connectivity index (χ4n) is 11.2. The first-order valence-corrected chi connectivity index (χ1v) is 32.2. The lowest BCUT2D eigenvalue weighted by Crippen LogP contribution is -2.31. The highest BCUT2D eigenvalue weighted by molar-refractivity contribution is 7.85. The van der Waals surface area contributed by atoms with Crippen molar-refractivity contribution in [3.8, 4) is 22.3 Å². The molecule has 430 valence electrons. The molecule has 2 aromatic carbocycles. The summed E-state index contributed by atoms with van der Waals surface area (Å²) in [6, 6.07) is 15.8. The van der Waals surface area contributed by atoms with Crippen LogP contribution in [0.5, 0.6) is 0 Å². The number of hydrogen-bond donors (Lipinski definition) is 5. The Balaban J connectivity index is 1.25. The third kappa shape index (κ3) is 13.0. The number of pyridine rings is 2. The zero-order chi connectivity index (χ0) is 58.2. The second-order valence-corrected chi connectivity index (χ2v) is 25.5. The maximum atomic E-state index is 13.6. The Kier molecular flexibility index (Phi) is 19.5. The van der Waals surface area contributed by atoms with E-state index in [1.54, 1.807) is 34.8 Å². The summed E-state index contributed by atoms with van der Waals surface area (Å²) < 4.78 is 37.0. The van der Waals surface area contributed by atoms with Gasteiger partial charge in [0.15, 0.2) is 5.71 Å². The highest BCUT2D eigenvalue weighted by Crippen LogP contribution is 2.55. The van der Waals surface area contributed by atoms with E-state index in [4.69, 9.17) is 0 Å². The molecule has 4 amide bonds. The Hall–Kier alpha value is -6.60. The first kappa shape index (κ1) is 60.5. The van der Waals surface area contributed by atoms with Crippen LogP contribution in [0.1, 0.15) is 180 Å². The monoisotopic (exact) mass is 1160 g/mol. The lowest BCUT2D eigenvalue weighted by Gasteiger charge is -2.27. The number of benzene rings is 2. The van der Waals surface area contributed by atoms with Gasteiger partial charge in [0.1, 0.15) is 29.3 Å². The van der Waals surface area contributed by atoms with Crippen molar-refractivity contribution in [2.24, 2.45) is 0 Å². The maximum Gasteiger partial charge on any atom is 0.269 e. The Morgan fingerprint density at radius 2 is 1.14 bits per heavy atom. The SMILES string of the molecule is CCCCCCN1/C(=C/C=C/C2=[N+](CCCCCC)c3c(cc(-c4cc(C(=O)NCC)nc(C(=O)NCCC)c4)c4sccc34)C2(C)C)C(C)(C)c2cc(-c3cc(C(=O)NCCC)nc(C(=O)NCCS(=O)(=O)O)c3)c3sccc3c21. The number of carbonyl (C=O) groups excluding carboxylic acids is 4. The molecule has 6 heterocycles. The van der Waals surface area contributed by atoms with Gasteiger partial charge in [-0.15, -0.1) is 22.7 Å². The third-order valence-electron chi connectivity index (χ3n) is 15.4. The summed E-state index contributed by atoms with van der Waals surface area (Å²) in [4.78, 5) is 65.7. The van der Waals surface area contributed by atoms with Gasteiger partial charge in [0, 0.05) is 87.8 Å². The van der Waals surface area contributed by atoms with Crippen molar-refractivity contribution in [2.75, 3.05) is 49.9 Å². The standard InChI is InChI=1S/C63H78N8O7S3/c1-10-15-17-19-29-70-52(62(6,7)46-38-44(56-42(54(46)70)24-31-79-56)40-34-48(58(72)64-14-5)68-49(35-40)59(73)65-26-12-3)22-21-23-53-63(8,9)47-39-45(57-43(25-32-80-57)55(47)71(53)30-20-18-16-11-2)41-36-50(60(74)66-27-13-4)69-51(37-41)61(75)67-28-33-81(76,77)78/h21-25,31-32,34-39H,10-20,26-30,33H2,1-9H3,(H4-,64,65,66,67,72,73,74,75,76,77,78)/p+1. The molecule has 2 aliphatic heterocycles. The predicted octanol–water partition coefficient (Wildman–Crippen LogP) is 12.7. The first-order chi connectivity index (χ1) is 38.8. The van der Waals surface area contributed by atoms with Crippen molar-refractivity contribution in [1.82, 2.24) is 31.2 Å². The zero-order valence-corrected chi connectivity index (χ0v) is 50.9. The molecule has 15 nitrogen and oxygen atoms in total. The smallest absolute Gasteiger partial charge is 0.269 e. The topological polar surface area (TPSA) is 203 Å². The maximum absolute atomic E-state index is 13.6. The molecular weight excluding hydrogens is 1080 g/mol.